The van der Waals surface area contributed by atoms with Gasteiger partial charge in [0.1, 0.15) is 5.75 Å². The average molecular weight is 207 g/mol. The Bertz CT molecular complexity index is 331. The normalized spacial score (nSPS) is 11.5. The summed E-state index contributed by atoms with van der Waals surface area (Å²) in [5, 5.41) is 3.31. The molecule has 2 nitrogen and oxygen atoms in total. The Morgan fingerprint density at radius 3 is 2.47 bits per heavy atom. The van der Waals surface area contributed by atoms with Gasteiger partial charge in [-0.05, 0) is 58.0 Å². The highest BCUT2D eigenvalue weighted by Gasteiger charge is 2.19. The summed E-state index contributed by atoms with van der Waals surface area (Å²) in [6.07, 6.45) is 0. The molecule has 0 atom stereocenters. The van der Waals surface area contributed by atoms with Crippen LogP contribution in [0.25, 0.3) is 0 Å². The van der Waals surface area contributed by atoms with E-state index in [1.165, 1.54) is 11.1 Å². The third-order valence-electron chi connectivity index (χ3n) is 2.81. The van der Waals surface area contributed by atoms with Crippen LogP contribution in [0.5, 0.6) is 5.75 Å². The van der Waals surface area contributed by atoms with Gasteiger partial charge in [-0.2, -0.15) is 0 Å². The Morgan fingerprint density at radius 1 is 1.33 bits per heavy atom. The second kappa shape index (κ2) is 4.67. The van der Waals surface area contributed by atoms with Gasteiger partial charge in [0.2, 0.25) is 0 Å². The highest BCUT2D eigenvalue weighted by Crippen LogP contribution is 2.26. The van der Waals surface area contributed by atoms with E-state index in [4.69, 9.17) is 4.74 Å². The van der Waals surface area contributed by atoms with Crippen LogP contribution in [0.4, 0.5) is 0 Å². The van der Waals surface area contributed by atoms with Crippen LogP contribution in [-0.4, -0.2) is 13.7 Å². The fourth-order valence-corrected chi connectivity index (χ4v) is 1.73. The largest absolute Gasteiger partial charge is 0.494 e. The molecule has 0 saturated carbocycles. The first-order chi connectivity index (χ1) is 7.01. The van der Waals surface area contributed by atoms with Gasteiger partial charge in [-0.25, -0.2) is 0 Å². The van der Waals surface area contributed by atoms with Crippen molar-refractivity contribution in [3.05, 3.63) is 29.3 Å². The van der Waals surface area contributed by atoms with Crippen molar-refractivity contribution in [2.45, 2.75) is 33.2 Å². The molecule has 0 saturated heterocycles. The molecular weight excluding hydrogens is 186 g/mol. The number of rotatable bonds is 4. The van der Waals surface area contributed by atoms with E-state index in [1.54, 1.807) is 0 Å². The molecule has 1 aromatic carbocycles. The first-order valence-corrected chi connectivity index (χ1v) is 5.44. The fourth-order valence-electron chi connectivity index (χ4n) is 1.73. The zero-order chi connectivity index (χ0) is 11.5. The number of nitrogens with one attached hydrogen (secondary N) is 1. The summed E-state index contributed by atoms with van der Waals surface area (Å²) in [6.45, 7) is 9.19. The lowest BCUT2D eigenvalue weighted by molar-refractivity contribution is 0.339. The van der Waals surface area contributed by atoms with Crippen molar-refractivity contribution >= 4 is 0 Å². The average Bonchev–Trinajstić information content (AvgIpc) is 2.18. The standard InChI is InChI=1S/C13H21NO/c1-6-15-11-7-8-12(10(2)9-11)13(3,4)14-5/h7-9,14H,6H2,1-5H3. The van der Waals surface area contributed by atoms with Crippen molar-refractivity contribution in [2.75, 3.05) is 13.7 Å². The summed E-state index contributed by atoms with van der Waals surface area (Å²) >= 11 is 0. The van der Waals surface area contributed by atoms with Crippen LogP contribution >= 0.6 is 0 Å². The quantitative estimate of drug-likeness (QED) is 0.819. The molecule has 0 aliphatic rings. The van der Waals surface area contributed by atoms with Crippen LogP contribution in [0.3, 0.4) is 0 Å². The van der Waals surface area contributed by atoms with Crippen molar-refractivity contribution in [3.8, 4) is 5.75 Å². The molecule has 84 valence electrons. The molecule has 0 radical (unpaired) electrons. The van der Waals surface area contributed by atoms with Gasteiger partial charge >= 0.3 is 0 Å². The molecule has 0 aromatic heterocycles. The molecule has 1 rings (SSSR count). The lowest BCUT2D eigenvalue weighted by Gasteiger charge is -2.26. The highest BCUT2D eigenvalue weighted by atomic mass is 16.5. The minimum absolute atomic E-state index is 0.00876. The Balaban J connectivity index is 3.03. The van der Waals surface area contributed by atoms with Crippen molar-refractivity contribution < 1.29 is 4.74 Å². The van der Waals surface area contributed by atoms with Crippen molar-refractivity contribution in [2.24, 2.45) is 0 Å². The van der Waals surface area contributed by atoms with E-state index in [-0.39, 0.29) is 5.54 Å². The van der Waals surface area contributed by atoms with Crippen LogP contribution in [0, 0.1) is 6.92 Å². The second-order valence-corrected chi connectivity index (χ2v) is 4.28. The van der Waals surface area contributed by atoms with Crippen LogP contribution in [0.15, 0.2) is 18.2 Å². The first-order valence-electron chi connectivity index (χ1n) is 5.44. The number of hydrogen-bond acceptors (Lipinski definition) is 2. The summed E-state index contributed by atoms with van der Waals surface area (Å²) in [7, 11) is 1.98. The zero-order valence-electron chi connectivity index (χ0n) is 10.3. The lowest BCUT2D eigenvalue weighted by Crippen LogP contribution is -2.33. The van der Waals surface area contributed by atoms with Crippen molar-refractivity contribution in [3.63, 3.8) is 0 Å². The van der Waals surface area contributed by atoms with Crippen LogP contribution in [-0.2, 0) is 5.54 Å². The molecular formula is C13H21NO. The van der Waals surface area contributed by atoms with E-state index in [0.717, 1.165) is 5.75 Å². The highest BCUT2D eigenvalue weighted by molar-refractivity contribution is 5.38. The summed E-state index contributed by atoms with van der Waals surface area (Å²) in [5.41, 5.74) is 2.59. The molecule has 0 aliphatic heterocycles. The lowest BCUT2D eigenvalue weighted by atomic mass is 9.90. The van der Waals surface area contributed by atoms with Crippen LogP contribution < -0.4 is 10.1 Å². The predicted octanol–water partition coefficient (Wildman–Crippen LogP) is 2.85. The molecule has 0 heterocycles. The fraction of sp³-hybridized carbons (Fsp3) is 0.538. The predicted molar refractivity (Wildman–Crippen MR) is 64.4 cm³/mol. The molecule has 0 unspecified atom stereocenters. The third kappa shape index (κ3) is 2.72. The van der Waals surface area contributed by atoms with E-state index in [2.05, 4.69) is 38.2 Å². The van der Waals surface area contributed by atoms with E-state index < -0.39 is 0 Å². The van der Waals surface area contributed by atoms with Crippen molar-refractivity contribution in [1.82, 2.24) is 5.32 Å². The molecule has 2 heteroatoms. The zero-order valence-corrected chi connectivity index (χ0v) is 10.3. The molecule has 0 aliphatic carbocycles. The Kier molecular flexibility index (Phi) is 3.75. The first kappa shape index (κ1) is 12.1. The molecule has 0 bridgehead atoms. The molecule has 0 amide bonds. The van der Waals surface area contributed by atoms with Crippen LogP contribution in [0.1, 0.15) is 31.9 Å². The van der Waals surface area contributed by atoms with E-state index in [0.29, 0.717) is 6.61 Å². The molecule has 0 spiro atoms. The Hall–Kier alpha value is -1.02. The maximum Gasteiger partial charge on any atom is 0.119 e. The SMILES string of the molecule is CCOc1ccc(C(C)(C)NC)c(C)c1. The maximum atomic E-state index is 5.47. The van der Waals surface area contributed by atoms with E-state index >= 15 is 0 Å². The smallest absolute Gasteiger partial charge is 0.119 e. The molecule has 1 N–H and O–H groups in total. The number of ether oxygens (including phenoxy) is 1. The maximum absolute atomic E-state index is 5.47. The molecule has 15 heavy (non-hydrogen) atoms. The van der Waals surface area contributed by atoms with Gasteiger partial charge < -0.3 is 10.1 Å². The minimum Gasteiger partial charge on any atom is -0.494 e. The minimum atomic E-state index is 0.00876. The van der Waals surface area contributed by atoms with Gasteiger partial charge in [-0.15, -0.1) is 0 Å². The van der Waals surface area contributed by atoms with Gasteiger partial charge in [0.15, 0.2) is 0 Å². The number of aryl methyl sites for hydroxylation is 1. The van der Waals surface area contributed by atoms with E-state index in [1.807, 2.05) is 20.0 Å². The van der Waals surface area contributed by atoms with Gasteiger partial charge in [0.25, 0.3) is 0 Å². The van der Waals surface area contributed by atoms with Gasteiger partial charge in [0, 0.05) is 5.54 Å². The summed E-state index contributed by atoms with van der Waals surface area (Å²) < 4.78 is 5.47. The molecule has 1 aromatic rings. The summed E-state index contributed by atoms with van der Waals surface area (Å²) in [6, 6.07) is 6.26. The number of benzene rings is 1. The third-order valence-corrected chi connectivity index (χ3v) is 2.81. The Morgan fingerprint density at radius 2 is 2.00 bits per heavy atom. The van der Waals surface area contributed by atoms with Crippen LogP contribution in [0.2, 0.25) is 0 Å². The van der Waals surface area contributed by atoms with E-state index in [9.17, 15) is 0 Å². The number of hydrogen-bond donors (Lipinski definition) is 1. The van der Waals surface area contributed by atoms with Gasteiger partial charge in [0.05, 0.1) is 6.61 Å². The Labute approximate surface area is 92.6 Å². The second-order valence-electron chi connectivity index (χ2n) is 4.28. The van der Waals surface area contributed by atoms with Gasteiger partial charge in [-0.1, -0.05) is 6.07 Å². The van der Waals surface area contributed by atoms with Gasteiger partial charge in [-0.3, -0.25) is 0 Å². The summed E-state index contributed by atoms with van der Waals surface area (Å²) in [4.78, 5) is 0. The summed E-state index contributed by atoms with van der Waals surface area (Å²) in [5.74, 6) is 0.950. The topological polar surface area (TPSA) is 21.3 Å². The van der Waals surface area contributed by atoms with Crippen molar-refractivity contribution in [1.29, 1.82) is 0 Å². The monoisotopic (exact) mass is 207 g/mol. The molecule has 0 fully saturated rings.